The number of nitrogens with zero attached hydrogens (tertiary/aromatic N) is 3. The van der Waals surface area contributed by atoms with Crippen molar-refractivity contribution >= 4 is 24.2 Å². The van der Waals surface area contributed by atoms with E-state index in [0.29, 0.717) is 5.95 Å². The van der Waals surface area contributed by atoms with Gasteiger partial charge in [-0.25, -0.2) is 4.98 Å². The Kier molecular flexibility index (Phi) is 6.20. The Labute approximate surface area is 173 Å². The zero-order valence-corrected chi connectivity index (χ0v) is 17.5. The number of hydrogen-bond acceptors (Lipinski definition) is 4. The van der Waals surface area contributed by atoms with E-state index in [-0.39, 0.29) is 18.4 Å². The summed E-state index contributed by atoms with van der Waals surface area (Å²) in [5, 5.41) is 3.48. The molecule has 0 saturated carbocycles. The summed E-state index contributed by atoms with van der Waals surface area (Å²) >= 11 is 0. The van der Waals surface area contributed by atoms with Crippen molar-refractivity contribution in [1.82, 2.24) is 9.97 Å². The average Bonchev–Trinajstić information content (AvgIpc) is 2.71. The van der Waals surface area contributed by atoms with Crippen molar-refractivity contribution in [1.29, 1.82) is 0 Å². The van der Waals surface area contributed by atoms with Gasteiger partial charge >= 0.3 is 0 Å². The third kappa shape index (κ3) is 4.12. The van der Waals surface area contributed by atoms with Crippen LogP contribution in [0.4, 0.5) is 11.8 Å². The Morgan fingerprint density at radius 3 is 2.36 bits per heavy atom. The van der Waals surface area contributed by atoms with Crippen LogP contribution in [-0.2, 0) is 13.0 Å². The predicted molar refractivity (Wildman–Crippen MR) is 118 cm³/mol. The summed E-state index contributed by atoms with van der Waals surface area (Å²) in [5.41, 5.74) is 6.27. The van der Waals surface area contributed by atoms with Crippen molar-refractivity contribution in [3.05, 3.63) is 82.5 Å². The standard InChI is InChI=1S/C23H26N4.ClH/c1-16-17(2)24-23(25-18(3)19-9-5-4-6-10-19)26-22(16)27-14-13-20-11-7-8-12-21(20)15-27;/h4-12,18H,13-15H2,1-3H3,(H,24,25,26);1H. The van der Waals surface area contributed by atoms with Crippen LogP contribution in [0.15, 0.2) is 54.6 Å². The molecule has 0 radical (unpaired) electrons. The Balaban J connectivity index is 0.00000225. The molecule has 1 aliphatic heterocycles. The molecule has 28 heavy (non-hydrogen) atoms. The molecule has 3 aromatic rings. The lowest BCUT2D eigenvalue weighted by Crippen LogP contribution is -2.32. The normalized spacial score (nSPS) is 14.0. The van der Waals surface area contributed by atoms with E-state index < -0.39 is 0 Å². The van der Waals surface area contributed by atoms with E-state index in [1.54, 1.807) is 0 Å². The topological polar surface area (TPSA) is 41.1 Å². The fourth-order valence-corrected chi connectivity index (χ4v) is 3.68. The maximum absolute atomic E-state index is 4.90. The first-order valence-corrected chi connectivity index (χ1v) is 9.60. The molecule has 1 aliphatic rings. The highest BCUT2D eigenvalue weighted by Crippen LogP contribution is 2.28. The first-order valence-electron chi connectivity index (χ1n) is 9.60. The third-order valence-electron chi connectivity index (χ3n) is 5.44. The molecule has 0 bridgehead atoms. The molecule has 4 rings (SSSR count). The summed E-state index contributed by atoms with van der Waals surface area (Å²) in [6.45, 7) is 8.22. The maximum atomic E-state index is 4.90. The van der Waals surface area contributed by atoms with Crippen molar-refractivity contribution in [3.8, 4) is 0 Å². The van der Waals surface area contributed by atoms with Crippen molar-refractivity contribution in [2.24, 2.45) is 0 Å². The minimum absolute atomic E-state index is 0. The fourth-order valence-electron chi connectivity index (χ4n) is 3.68. The number of aryl methyl sites for hydroxylation is 1. The SMILES string of the molecule is Cc1nc(NC(C)c2ccccc2)nc(N2CCc3ccccc3C2)c1C.Cl. The summed E-state index contributed by atoms with van der Waals surface area (Å²) in [5.74, 6) is 1.74. The Hall–Kier alpha value is -2.59. The van der Waals surface area contributed by atoms with Gasteiger partial charge in [0, 0.05) is 24.3 Å². The molecule has 1 unspecified atom stereocenters. The number of hydrogen-bond donors (Lipinski definition) is 1. The van der Waals surface area contributed by atoms with Gasteiger partial charge in [-0.1, -0.05) is 54.6 Å². The van der Waals surface area contributed by atoms with Crippen molar-refractivity contribution in [2.45, 2.75) is 39.8 Å². The number of fused-ring (bicyclic) bond motifs is 1. The molecule has 2 heterocycles. The van der Waals surface area contributed by atoms with Crippen LogP contribution in [0.2, 0.25) is 0 Å². The lowest BCUT2D eigenvalue weighted by molar-refractivity contribution is 0.714. The molecular formula is C23H27ClN4. The van der Waals surface area contributed by atoms with E-state index in [1.165, 1.54) is 16.7 Å². The summed E-state index contributed by atoms with van der Waals surface area (Å²) in [6.07, 6.45) is 1.06. The molecule has 4 nitrogen and oxygen atoms in total. The number of benzene rings is 2. The highest BCUT2D eigenvalue weighted by Gasteiger charge is 2.21. The van der Waals surface area contributed by atoms with Crippen molar-refractivity contribution in [3.63, 3.8) is 0 Å². The molecule has 0 spiro atoms. The van der Waals surface area contributed by atoms with Crippen molar-refractivity contribution < 1.29 is 0 Å². The van der Waals surface area contributed by atoms with Gasteiger partial charge in [-0.2, -0.15) is 4.98 Å². The highest BCUT2D eigenvalue weighted by molar-refractivity contribution is 5.85. The molecule has 0 amide bonds. The maximum Gasteiger partial charge on any atom is 0.225 e. The first kappa shape index (κ1) is 20.2. The molecule has 5 heteroatoms. The van der Waals surface area contributed by atoms with Crippen LogP contribution in [0.3, 0.4) is 0 Å². The number of aromatic nitrogens is 2. The van der Waals surface area contributed by atoms with Crippen LogP contribution in [0.5, 0.6) is 0 Å². The van der Waals surface area contributed by atoms with E-state index in [1.807, 2.05) is 6.07 Å². The fraction of sp³-hybridized carbons (Fsp3) is 0.304. The van der Waals surface area contributed by atoms with E-state index in [9.17, 15) is 0 Å². The highest BCUT2D eigenvalue weighted by atomic mass is 35.5. The van der Waals surface area contributed by atoms with Gasteiger partial charge in [0.2, 0.25) is 5.95 Å². The smallest absolute Gasteiger partial charge is 0.225 e. The van der Waals surface area contributed by atoms with E-state index in [2.05, 4.69) is 84.5 Å². The Morgan fingerprint density at radius 2 is 1.61 bits per heavy atom. The van der Waals surface area contributed by atoms with Crippen LogP contribution >= 0.6 is 12.4 Å². The number of rotatable bonds is 4. The van der Waals surface area contributed by atoms with Crippen LogP contribution < -0.4 is 10.2 Å². The first-order chi connectivity index (χ1) is 13.1. The van der Waals surface area contributed by atoms with Crippen LogP contribution in [-0.4, -0.2) is 16.5 Å². The van der Waals surface area contributed by atoms with Crippen LogP contribution in [0, 0.1) is 13.8 Å². The number of halogens is 1. The number of nitrogens with one attached hydrogen (secondary N) is 1. The summed E-state index contributed by atoms with van der Waals surface area (Å²) in [7, 11) is 0. The van der Waals surface area contributed by atoms with Gasteiger partial charge in [0.25, 0.3) is 0 Å². The minimum Gasteiger partial charge on any atom is -0.352 e. The summed E-state index contributed by atoms with van der Waals surface area (Å²) in [4.78, 5) is 12.0. The van der Waals surface area contributed by atoms with E-state index >= 15 is 0 Å². The van der Waals surface area contributed by atoms with E-state index in [4.69, 9.17) is 4.98 Å². The largest absolute Gasteiger partial charge is 0.352 e. The van der Waals surface area contributed by atoms with Crippen molar-refractivity contribution in [2.75, 3.05) is 16.8 Å². The summed E-state index contributed by atoms with van der Waals surface area (Å²) < 4.78 is 0. The van der Waals surface area contributed by atoms with Crippen LogP contribution in [0.1, 0.15) is 40.9 Å². The zero-order valence-electron chi connectivity index (χ0n) is 16.6. The molecule has 146 valence electrons. The van der Waals surface area contributed by atoms with Crippen LogP contribution in [0.25, 0.3) is 0 Å². The second kappa shape index (κ2) is 8.61. The third-order valence-corrected chi connectivity index (χ3v) is 5.44. The monoisotopic (exact) mass is 394 g/mol. The van der Waals surface area contributed by atoms with Gasteiger partial charge in [0.05, 0.1) is 6.04 Å². The average molecular weight is 395 g/mol. The lowest BCUT2D eigenvalue weighted by atomic mass is 9.99. The number of anilines is 2. The molecular weight excluding hydrogens is 368 g/mol. The molecule has 1 N–H and O–H groups in total. The quantitative estimate of drug-likeness (QED) is 0.656. The van der Waals surface area contributed by atoms with Gasteiger partial charge < -0.3 is 10.2 Å². The molecule has 0 aliphatic carbocycles. The Morgan fingerprint density at radius 1 is 0.929 bits per heavy atom. The molecule has 2 aromatic carbocycles. The van der Waals surface area contributed by atoms with Gasteiger partial charge in [0.15, 0.2) is 0 Å². The van der Waals surface area contributed by atoms with Gasteiger partial charge in [-0.05, 0) is 43.9 Å². The molecule has 1 aromatic heterocycles. The predicted octanol–water partition coefficient (Wildman–Crippen LogP) is 5.25. The van der Waals surface area contributed by atoms with Gasteiger partial charge in [0.1, 0.15) is 5.82 Å². The van der Waals surface area contributed by atoms with Gasteiger partial charge in [-0.15, -0.1) is 12.4 Å². The summed E-state index contributed by atoms with van der Waals surface area (Å²) in [6, 6.07) is 19.3. The second-order valence-corrected chi connectivity index (χ2v) is 7.30. The Bertz CT molecular complexity index is 943. The van der Waals surface area contributed by atoms with Gasteiger partial charge in [-0.3, -0.25) is 0 Å². The lowest BCUT2D eigenvalue weighted by Gasteiger charge is -2.31. The molecule has 0 fully saturated rings. The molecule has 0 saturated heterocycles. The zero-order chi connectivity index (χ0) is 18.8. The van der Waals surface area contributed by atoms with E-state index in [0.717, 1.165) is 36.6 Å². The molecule has 1 atom stereocenters. The minimum atomic E-state index is 0. The second-order valence-electron chi connectivity index (χ2n) is 7.30.